The van der Waals surface area contributed by atoms with E-state index in [0.717, 1.165) is 21.0 Å². The molecule has 0 aliphatic heterocycles. The molecule has 0 radical (unpaired) electrons. The molecule has 0 aliphatic rings. The molecule has 3 nitrogen and oxygen atoms in total. The molecule has 0 spiro atoms. The van der Waals surface area contributed by atoms with E-state index < -0.39 is 0 Å². The summed E-state index contributed by atoms with van der Waals surface area (Å²) in [7, 11) is 0. The highest BCUT2D eigenvalue weighted by Gasteiger charge is 2.06. The van der Waals surface area contributed by atoms with Gasteiger partial charge < -0.3 is 4.42 Å². The SMILES string of the molecule is NOCc1cccc2c(Br)coc12. The summed E-state index contributed by atoms with van der Waals surface area (Å²) in [6.07, 6.45) is 1.66. The Kier molecular flexibility index (Phi) is 2.35. The lowest BCUT2D eigenvalue weighted by atomic mass is 10.2. The zero-order valence-electron chi connectivity index (χ0n) is 6.79. The molecule has 0 aliphatic carbocycles. The molecule has 4 heteroatoms. The van der Waals surface area contributed by atoms with Crippen LogP contribution in [0, 0.1) is 0 Å². The van der Waals surface area contributed by atoms with Gasteiger partial charge in [-0.25, -0.2) is 5.90 Å². The van der Waals surface area contributed by atoms with Crippen molar-refractivity contribution in [1.29, 1.82) is 0 Å². The van der Waals surface area contributed by atoms with Crippen molar-refractivity contribution in [2.24, 2.45) is 5.90 Å². The molecule has 0 saturated heterocycles. The van der Waals surface area contributed by atoms with E-state index in [9.17, 15) is 0 Å². The van der Waals surface area contributed by atoms with E-state index in [1.54, 1.807) is 6.26 Å². The predicted octanol–water partition coefficient (Wildman–Crippen LogP) is 2.59. The first-order chi connectivity index (χ1) is 6.33. The Bertz CT molecular complexity index is 424. The zero-order chi connectivity index (χ0) is 9.26. The highest BCUT2D eigenvalue weighted by Crippen LogP contribution is 2.28. The molecule has 0 atom stereocenters. The summed E-state index contributed by atoms with van der Waals surface area (Å²) < 4.78 is 6.30. The smallest absolute Gasteiger partial charge is 0.140 e. The highest BCUT2D eigenvalue weighted by atomic mass is 79.9. The summed E-state index contributed by atoms with van der Waals surface area (Å²) in [6, 6.07) is 5.84. The molecule has 0 unspecified atom stereocenters. The molecule has 0 bridgehead atoms. The van der Waals surface area contributed by atoms with Gasteiger partial charge in [-0.3, -0.25) is 4.84 Å². The van der Waals surface area contributed by atoms with Crippen molar-refractivity contribution in [1.82, 2.24) is 0 Å². The lowest BCUT2D eigenvalue weighted by Gasteiger charge is -1.98. The van der Waals surface area contributed by atoms with E-state index in [-0.39, 0.29) is 0 Å². The molecular formula is C9H8BrNO2. The molecule has 1 aromatic heterocycles. The van der Waals surface area contributed by atoms with Gasteiger partial charge in [0.05, 0.1) is 11.1 Å². The molecule has 1 aromatic carbocycles. The number of nitrogens with two attached hydrogens (primary N) is 1. The summed E-state index contributed by atoms with van der Waals surface area (Å²) in [5, 5.41) is 1.04. The van der Waals surface area contributed by atoms with Crippen LogP contribution in [0.5, 0.6) is 0 Å². The fourth-order valence-corrected chi connectivity index (χ4v) is 1.70. The fourth-order valence-electron chi connectivity index (χ4n) is 1.29. The molecule has 0 fully saturated rings. The highest BCUT2D eigenvalue weighted by molar-refractivity contribution is 9.10. The van der Waals surface area contributed by atoms with E-state index in [4.69, 9.17) is 10.3 Å². The van der Waals surface area contributed by atoms with Crippen molar-refractivity contribution in [3.63, 3.8) is 0 Å². The number of para-hydroxylation sites is 1. The van der Waals surface area contributed by atoms with Gasteiger partial charge in [-0.15, -0.1) is 0 Å². The molecule has 2 N–H and O–H groups in total. The Hall–Kier alpha value is -0.840. The average Bonchev–Trinajstić information content (AvgIpc) is 2.50. The van der Waals surface area contributed by atoms with Gasteiger partial charge in [-0.2, -0.15) is 0 Å². The first-order valence-corrected chi connectivity index (χ1v) is 4.58. The van der Waals surface area contributed by atoms with Gasteiger partial charge in [0, 0.05) is 10.9 Å². The molecular weight excluding hydrogens is 234 g/mol. The lowest BCUT2D eigenvalue weighted by molar-refractivity contribution is 0.124. The Labute approximate surface area is 83.5 Å². The van der Waals surface area contributed by atoms with Crippen LogP contribution in [0.4, 0.5) is 0 Å². The van der Waals surface area contributed by atoms with E-state index in [2.05, 4.69) is 20.8 Å². The van der Waals surface area contributed by atoms with E-state index in [1.165, 1.54) is 0 Å². The summed E-state index contributed by atoms with van der Waals surface area (Å²) in [6.45, 7) is 0.358. The first kappa shape index (κ1) is 8.74. The van der Waals surface area contributed by atoms with Gasteiger partial charge in [-0.05, 0) is 22.0 Å². The normalized spacial score (nSPS) is 10.9. The number of fused-ring (bicyclic) bond motifs is 1. The summed E-state index contributed by atoms with van der Waals surface area (Å²) in [5.74, 6) is 5.00. The summed E-state index contributed by atoms with van der Waals surface area (Å²) in [5.41, 5.74) is 1.77. The van der Waals surface area contributed by atoms with Crippen LogP contribution in [-0.2, 0) is 11.4 Å². The Morgan fingerprint density at radius 2 is 2.31 bits per heavy atom. The molecule has 68 valence electrons. The van der Waals surface area contributed by atoms with Gasteiger partial charge in [-0.1, -0.05) is 12.1 Å². The third-order valence-corrected chi connectivity index (χ3v) is 2.49. The number of furan rings is 1. The number of hydrogen-bond acceptors (Lipinski definition) is 3. The van der Waals surface area contributed by atoms with Gasteiger partial charge in [0.15, 0.2) is 0 Å². The third-order valence-electron chi connectivity index (χ3n) is 1.87. The second kappa shape index (κ2) is 3.49. The maximum absolute atomic E-state index is 5.35. The zero-order valence-corrected chi connectivity index (χ0v) is 8.37. The van der Waals surface area contributed by atoms with Gasteiger partial charge in [0.2, 0.25) is 0 Å². The van der Waals surface area contributed by atoms with Crippen LogP contribution < -0.4 is 5.90 Å². The van der Waals surface area contributed by atoms with Gasteiger partial charge in [0.1, 0.15) is 11.8 Å². The van der Waals surface area contributed by atoms with Gasteiger partial charge >= 0.3 is 0 Å². The molecule has 2 aromatic rings. The summed E-state index contributed by atoms with van der Waals surface area (Å²) >= 11 is 3.39. The second-order valence-corrected chi connectivity index (χ2v) is 3.54. The molecule has 2 rings (SSSR count). The fraction of sp³-hybridized carbons (Fsp3) is 0.111. The predicted molar refractivity (Wildman–Crippen MR) is 52.9 cm³/mol. The lowest BCUT2D eigenvalue weighted by Crippen LogP contribution is -1.98. The van der Waals surface area contributed by atoms with Crippen molar-refractivity contribution in [2.45, 2.75) is 6.61 Å². The topological polar surface area (TPSA) is 48.4 Å². The third kappa shape index (κ3) is 1.48. The van der Waals surface area contributed by atoms with Crippen molar-refractivity contribution in [3.8, 4) is 0 Å². The van der Waals surface area contributed by atoms with E-state index in [0.29, 0.717) is 6.61 Å². The van der Waals surface area contributed by atoms with Gasteiger partial charge in [0.25, 0.3) is 0 Å². The largest absolute Gasteiger partial charge is 0.463 e. The van der Waals surface area contributed by atoms with Crippen molar-refractivity contribution in [3.05, 3.63) is 34.5 Å². The number of benzene rings is 1. The van der Waals surface area contributed by atoms with E-state index >= 15 is 0 Å². The minimum absolute atomic E-state index is 0.358. The average molecular weight is 242 g/mol. The van der Waals surface area contributed by atoms with Crippen LogP contribution in [0.25, 0.3) is 11.0 Å². The number of rotatable bonds is 2. The number of hydrogen-bond donors (Lipinski definition) is 1. The van der Waals surface area contributed by atoms with Crippen LogP contribution in [0.2, 0.25) is 0 Å². The monoisotopic (exact) mass is 241 g/mol. The Morgan fingerprint density at radius 1 is 1.46 bits per heavy atom. The van der Waals surface area contributed by atoms with Crippen LogP contribution >= 0.6 is 15.9 Å². The standard InChI is InChI=1S/C9H8BrNO2/c10-8-5-12-9-6(4-13-11)2-1-3-7(8)9/h1-3,5H,4,11H2. The first-order valence-electron chi connectivity index (χ1n) is 3.79. The molecule has 1 heterocycles. The van der Waals surface area contributed by atoms with Crippen LogP contribution in [0.15, 0.2) is 33.4 Å². The molecule has 0 amide bonds. The summed E-state index contributed by atoms with van der Waals surface area (Å²) in [4.78, 5) is 4.57. The minimum Gasteiger partial charge on any atom is -0.463 e. The second-order valence-electron chi connectivity index (χ2n) is 2.69. The van der Waals surface area contributed by atoms with Crippen molar-refractivity contribution in [2.75, 3.05) is 0 Å². The van der Waals surface area contributed by atoms with E-state index in [1.807, 2.05) is 18.2 Å². The molecule has 0 saturated carbocycles. The van der Waals surface area contributed by atoms with Crippen LogP contribution in [-0.4, -0.2) is 0 Å². The van der Waals surface area contributed by atoms with Crippen LogP contribution in [0.3, 0.4) is 0 Å². The Morgan fingerprint density at radius 3 is 3.08 bits per heavy atom. The molecule has 13 heavy (non-hydrogen) atoms. The Balaban J connectivity index is 2.63. The number of halogens is 1. The van der Waals surface area contributed by atoms with Crippen molar-refractivity contribution >= 4 is 26.9 Å². The maximum atomic E-state index is 5.35. The van der Waals surface area contributed by atoms with Crippen molar-refractivity contribution < 1.29 is 9.25 Å². The van der Waals surface area contributed by atoms with Crippen LogP contribution in [0.1, 0.15) is 5.56 Å². The minimum atomic E-state index is 0.358. The quantitative estimate of drug-likeness (QED) is 0.823. The maximum Gasteiger partial charge on any atom is 0.140 e.